The highest BCUT2D eigenvalue weighted by Gasteiger charge is 2.24. The predicted octanol–water partition coefficient (Wildman–Crippen LogP) is 1.07. The maximum absolute atomic E-state index is 12.0. The molecule has 0 spiro atoms. The van der Waals surface area contributed by atoms with E-state index in [0.29, 0.717) is 31.2 Å². The lowest BCUT2D eigenvalue weighted by Crippen LogP contribution is -2.44. The molecule has 1 unspecified atom stereocenters. The number of nitrogen functional groups attached to an aromatic ring is 1. The van der Waals surface area contributed by atoms with Crippen LogP contribution in [0.1, 0.15) is 24.2 Å². The van der Waals surface area contributed by atoms with Crippen LogP contribution < -0.4 is 10.6 Å². The first-order valence-corrected chi connectivity index (χ1v) is 6.40. The standard InChI is InChI=1S/C13H19N3O3/c1-3-19-13(17)10-6-12(14)15-7-11(10)16-4-5-18-8-9(16)2/h6-7,9H,3-5,8H2,1-2H3,(H2,14,15). The Bertz CT molecular complexity index is 464. The van der Waals surface area contributed by atoms with Crippen molar-refractivity contribution in [2.24, 2.45) is 0 Å². The third kappa shape index (κ3) is 2.96. The van der Waals surface area contributed by atoms with Crippen molar-refractivity contribution in [3.05, 3.63) is 17.8 Å². The first-order valence-electron chi connectivity index (χ1n) is 6.40. The Labute approximate surface area is 112 Å². The number of pyridine rings is 1. The molecule has 0 amide bonds. The number of rotatable bonds is 3. The number of morpholine rings is 1. The maximum Gasteiger partial charge on any atom is 0.340 e. The van der Waals surface area contributed by atoms with E-state index in [1.54, 1.807) is 19.2 Å². The number of hydrogen-bond donors (Lipinski definition) is 1. The Balaban J connectivity index is 2.35. The molecule has 0 bridgehead atoms. The van der Waals surface area contributed by atoms with Crippen LogP contribution in [-0.4, -0.2) is 43.4 Å². The fourth-order valence-corrected chi connectivity index (χ4v) is 2.15. The van der Waals surface area contributed by atoms with Crippen molar-refractivity contribution >= 4 is 17.5 Å². The van der Waals surface area contributed by atoms with E-state index in [2.05, 4.69) is 9.88 Å². The van der Waals surface area contributed by atoms with Crippen molar-refractivity contribution in [1.29, 1.82) is 0 Å². The minimum Gasteiger partial charge on any atom is -0.462 e. The van der Waals surface area contributed by atoms with Crippen LogP contribution in [0.15, 0.2) is 12.3 Å². The molecule has 1 aliphatic rings. The summed E-state index contributed by atoms with van der Waals surface area (Å²) in [4.78, 5) is 18.2. The van der Waals surface area contributed by atoms with Gasteiger partial charge in [0.15, 0.2) is 0 Å². The average molecular weight is 265 g/mol. The Morgan fingerprint density at radius 2 is 2.47 bits per heavy atom. The fourth-order valence-electron chi connectivity index (χ4n) is 2.15. The summed E-state index contributed by atoms with van der Waals surface area (Å²) < 4.78 is 10.5. The number of carbonyl (C=O) groups is 1. The number of anilines is 2. The smallest absolute Gasteiger partial charge is 0.340 e. The van der Waals surface area contributed by atoms with Gasteiger partial charge in [0.05, 0.1) is 37.3 Å². The van der Waals surface area contributed by atoms with Gasteiger partial charge in [-0.15, -0.1) is 0 Å². The van der Waals surface area contributed by atoms with Crippen LogP contribution >= 0.6 is 0 Å². The summed E-state index contributed by atoms with van der Waals surface area (Å²) in [7, 11) is 0. The molecule has 1 aromatic heterocycles. The molecule has 1 saturated heterocycles. The second kappa shape index (κ2) is 5.88. The molecule has 1 aliphatic heterocycles. The van der Waals surface area contributed by atoms with Crippen molar-refractivity contribution in [1.82, 2.24) is 4.98 Å². The minimum absolute atomic E-state index is 0.187. The molecule has 1 aromatic rings. The number of ether oxygens (including phenoxy) is 2. The number of carbonyl (C=O) groups excluding carboxylic acids is 1. The van der Waals surface area contributed by atoms with E-state index in [1.165, 1.54) is 0 Å². The van der Waals surface area contributed by atoms with E-state index >= 15 is 0 Å². The first-order chi connectivity index (χ1) is 9.13. The van der Waals surface area contributed by atoms with Gasteiger partial charge in [-0.3, -0.25) is 0 Å². The van der Waals surface area contributed by atoms with Gasteiger partial charge in [-0.05, 0) is 19.9 Å². The first kappa shape index (κ1) is 13.6. The summed E-state index contributed by atoms with van der Waals surface area (Å²) in [5, 5.41) is 0. The van der Waals surface area contributed by atoms with Crippen LogP contribution in [0.2, 0.25) is 0 Å². The summed E-state index contributed by atoms with van der Waals surface area (Å²) in [5.41, 5.74) is 6.88. The number of nitrogens with zero attached hydrogens (tertiary/aromatic N) is 2. The van der Waals surface area contributed by atoms with Gasteiger partial charge in [-0.1, -0.05) is 0 Å². The highest BCUT2D eigenvalue weighted by atomic mass is 16.5. The Morgan fingerprint density at radius 1 is 1.68 bits per heavy atom. The van der Waals surface area contributed by atoms with Crippen molar-refractivity contribution in [2.45, 2.75) is 19.9 Å². The molecular weight excluding hydrogens is 246 g/mol. The van der Waals surface area contributed by atoms with Crippen LogP contribution in [0.3, 0.4) is 0 Å². The summed E-state index contributed by atoms with van der Waals surface area (Å²) in [5.74, 6) is -0.0574. The van der Waals surface area contributed by atoms with E-state index in [9.17, 15) is 4.79 Å². The zero-order valence-electron chi connectivity index (χ0n) is 11.3. The van der Waals surface area contributed by atoms with Gasteiger partial charge in [0.1, 0.15) is 5.82 Å². The molecule has 0 aliphatic carbocycles. The van der Waals surface area contributed by atoms with E-state index in [-0.39, 0.29) is 12.0 Å². The highest BCUT2D eigenvalue weighted by Crippen LogP contribution is 2.25. The van der Waals surface area contributed by atoms with E-state index in [0.717, 1.165) is 12.2 Å². The summed E-state index contributed by atoms with van der Waals surface area (Å²) >= 11 is 0. The Morgan fingerprint density at radius 3 is 3.16 bits per heavy atom. The van der Waals surface area contributed by atoms with E-state index in [4.69, 9.17) is 15.2 Å². The third-order valence-electron chi connectivity index (χ3n) is 3.08. The molecule has 0 saturated carbocycles. The molecule has 1 fully saturated rings. The summed E-state index contributed by atoms with van der Waals surface area (Å²) in [6.45, 7) is 6.14. The Kier molecular flexibility index (Phi) is 4.21. The topological polar surface area (TPSA) is 77.7 Å². The zero-order valence-corrected chi connectivity index (χ0v) is 11.3. The molecule has 0 aromatic carbocycles. The molecule has 1 atom stereocenters. The van der Waals surface area contributed by atoms with Crippen molar-refractivity contribution in [3.63, 3.8) is 0 Å². The normalized spacial score (nSPS) is 19.3. The van der Waals surface area contributed by atoms with Crippen LogP contribution in [-0.2, 0) is 9.47 Å². The van der Waals surface area contributed by atoms with E-state index < -0.39 is 0 Å². The van der Waals surface area contributed by atoms with Crippen molar-refractivity contribution < 1.29 is 14.3 Å². The van der Waals surface area contributed by atoms with E-state index in [1.807, 2.05) is 6.92 Å². The molecular formula is C13H19N3O3. The second-order valence-electron chi connectivity index (χ2n) is 4.46. The third-order valence-corrected chi connectivity index (χ3v) is 3.08. The zero-order chi connectivity index (χ0) is 13.8. The van der Waals surface area contributed by atoms with Gasteiger partial charge in [0, 0.05) is 12.6 Å². The maximum atomic E-state index is 12.0. The van der Waals surface area contributed by atoms with Crippen molar-refractivity contribution in [2.75, 3.05) is 37.0 Å². The second-order valence-corrected chi connectivity index (χ2v) is 4.46. The van der Waals surface area contributed by atoms with Gasteiger partial charge in [0.25, 0.3) is 0 Å². The van der Waals surface area contributed by atoms with Crippen molar-refractivity contribution in [3.8, 4) is 0 Å². The monoisotopic (exact) mass is 265 g/mol. The quantitative estimate of drug-likeness (QED) is 0.824. The number of nitrogens with two attached hydrogens (primary N) is 1. The average Bonchev–Trinajstić information content (AvgIpc) is 2.40. The molecule has 6 nitrogen and oxygen atoms in total. The lowest BCUT2D eigenvalue weighted by molar-refractivity contribution is 0.0525. The van der Waals surface area contributed by atoms with Gasteiger partial charge in [0.2, 0.25) is 0 Å². The number of aromatic nitrogens is 1. The molecule has 19 heavy (non-hydrogen) atoms. The lowest BCUT2D eigenvalue weighted by Gasteiger charge is -2.35. The highest BCUT2D eigenvalue weighted by molar-refractivity contribution is 5.96. The van der Waals surface area contributed by atoms with Gasteiger partial charge < -0.3 is 20.1 Å². The predicted molar refractivity (Wildman–Crippen MR) is 72.2 cm³/mol. The van der Waals surface area contributed by atoms with Crippen LogP contribution in [0.4, 0.5) is 11.5 Å². The van der Waals surface area contributed by atoms with Crippen LogP contribution in [0, 0.1) is 0 Å². The molecule has 6 heteroatoms. The molecule has 2 rings (SSSR count). The summed E-state index contributed by atoms with van der Waals surface area (Å²) in [6, 6.07) is 1.75. The summed E-state index contributed by atoms with van der Waals surface area (Å²) in [6.07, 6.45) is 1.63. The Hall–Kier alpha value is -1.82. The minimum atomic E-state index is -0.370. The van der Waals surface area contributed by atoms with Gasteiger partial charge >= 0.3 is 5.97 Å². The molecule has 2 heterocycles. The number of hydrogen-bond acceptors (Lipinski definition) is 6. The molecule has 104 valence electrons. The lowest BCUT2D eigenvalue weighted by atomic mass is 10.1. The van der Waals surface area contributed by atoms with Gasteiger partial charge in [-0.25, -0.2) is 9.78 Å². The fraction of sp³-hybridized carbons (Fsp3) is 0.538. The largest absolute Gasteiger partial charge is 0.462 e. The SMILES string of the molecule is CCOC(=O)c1cc(N)ncc1N1CCOCC1C. The number of esters is 1. The van der Waals surface area contributed by atoms with Crippen LogP contribution in [0.5, 0.6) is 0 Å². The van der Waals surface area contributed by atoms with Gasteiger partial charge in [-0.2, -0.15) is 0 Å². The van der Waals surface area contributed by atoms with Crippen LogP contribution in [0.25, 0.3) is 0 Å². The molecule has 2 N–H and O–H groups in total. The molecule has 0 radical (unpaired) electrons.